The standard InChI is InChI=1S/C25H32Cl2N2O3/c1-24-5-2-6-25(15-31-25)22(24)12-17-18(23(30)32-21(17)13-24)14-28-7-9-29(10-8-28)16-3-4-19(26)20(27)11-16/h3-4,11,17-18,21-22H,2,5-10,12-15H2,1H3/t17-,18?,21-,22-,24-,25?/m1/s1. The molecular formula is C25H32Cl2N2O3. The molecule has 174 valence electrons. The molecule has 1 aromatic carbocycles. The first-order valence-corrected chi connectivity index (χ1v) is 12.9. The molecule has 5 aliphatic rings. The predicted octanol–water partition coefficient (Wildman–Crippen LogP) is 4.64. The van der Waals surface area contributed by atoms with E-state index in [0.717, 1.165) is 57.9 Å². The van der Waals surface area contributed by atoms with Crippen LogP contribution in [0.15, 0.2) is 18.2 Å². The lowest BCUT2D eigenvalue weighted by molar-refractivity contribution is -0.147. The summed E-state index contributed by atoms with van der Waals surface area (Å²) in [6, 6.07) is 5.83. The van der Waals surface area contributed by atoms with Crippen molar-refractivity contribution in [3.8, 4) is 0 Å². The lowest BCUT2D eigenvalue weighted by Gasteiger charge is -2.51. The highest BCUT2D eigenvalue weighted by Crippen LogP contribution is 2.62. The fraction of sp³-hybridized carbons (Fsp3) is 0.720. The van der Waals surface area contributed by atoms with E-state index in [0.29, 0.717) is 21.9 Å². The molecule has 5 nitrogen and oxygen atoms in total. The van der Waals surface area contributed by atoms with Gasteiger partial charge < -0.3 is 14.4 Å². The Balaban J connectivity index is 1.11. The molecule has 3 heterocycles. The molecule has 3 saturated heterocycles. The van der Waals surface area contributed by atoms with Crippen molar-refractivity contribution in [2.45, 2.75) is 50.7 Å². The van der Waals surface area contributed by atoms with Gasteiger partial charge in [0, 0.05) is 44.3 Å². The van der Waals surface area contributed by atoms with Gasteiger partial charge in [0.15, 0.2) is 0 Å². The first-order chi connectivity index (χ1) is 15.4. The van der Waals surface area contributed by atoms with Crippen LogP contribution in [0.2, 0.25) is 10.0 Å². The van der Waals surface area contributed by atoms with E-state index in [-0.39, 0.29) is 29.0 Å². The maximum Gasteiger partial charge on any atom is 0.310 e. The van der Waals surface area contributed by atoms with E-state index in [9.17, 15) is 4.79 Å². The average molecular weight is 479 g/mol. The fourth-order valence-electron chi connectivity index (χ4n) is 7.31. The van der Waals surface area contributed by atoms with Crippen LogP contribution in [0.5, 0.6) is 0 Å². The highest BCUT2D eigenvalue weighted by molar-refractivity contribution is 6.42. The molecule has 2 aliphatic carbocycles. The molecule has 1 aromatic rings. The zero-order valence-electron chi connectivity index (χ0n) is 18.7. The number of fused-ring (bicyclic) bond motifs is 3. The summed E-state index contributed by atoms with van der Waals surface area (Å²) in [5.41, 5.74) is 1.48. The van der Waals surface area contributed by atoms with Crippen LogP contribution in [-0.2, 0) is 14.3 Å². The molecular weight excluding hydrogens is 447 g/mol. The monoisotopic (exact) mass is 478 g/mol. The molecule has 6 atom stereocenters. The van der Waals surface area contributed by atoms with Gasteiger partial charge in [-0.1, -0.05) is 30.1 Å². The second-order valence-corrected chi connectivity index (χ2v) is 11.8. The van der Waals surface area contributed by atoms with E-state index in [1.807, 2.05) is 18.2 Å². The highest BCUT2D eigenvalue weighted by Gasteiger charge is 2.65. The Morgan fingerprint density at radius 3 is 2.62 bits per heavy atom. The largest absolute Gasteiger partial charge is 0.462 e. The molecule has 32 heavy (non-hydrogen) atoms. The zero-order chi connectivity index (χ0) is 22.1. The van der Waals surface area contributed by atoms with Gasteiger partial charge in [-0.25, -0.2) is 0 Å². The first-order valence-electron chi connectivity index (χ1n) is 12.1. The third-order valence-corrected chi connectivity index (χ3v) is 9.91. The van der Waals surface area contributed by atoms with E-state index >= 15 is 0 Å². The molecule has 6 rings (SSSR count). The van der Waals surface area contributed by atoms with Gasteiger partial charge in [0.1, 0.15) is 6.10 Å². The van der Waals surface area contributed by atoms with Crippen molar-refractivity contribution in [3.05, 3.63) is 28.2 Å². The minimum Gasteiger partial charge on any atom is -0.462 e. The number of halogens is 2. The number of piperazine rings is 1. The Morgan fingerprint density at radius 2 is 1.91 bits per heavy atom. The van der Waals surface area contributed by atoms with Crippen molar-refractivity contribution in [1.29, 1.82) is 0 Å². The average Bonchev–Trinajstić information content (AvgIpc) is 3.47. The Bertz CT molecular complexity index is 914. The number of epoxide rings is 1. The van der Waals surface area contributed by atoms with Gasteiger partial charge in [0.05, 0.1) is 28.2 Å². The SMILES string of the molecule is C[C@]12CCCC3(CO3)[C@@H]1C[C@@H]1C(CN3CCN(c4ccc(Cl)c(Cl)c4)CC3)C(=O)O[C@@H]1C2. The number of nitrogens with zero attached hydrogens (tertiary/aromatic N) is 2. The maximum absolute atomic E-state index is 12.9. The molecule has 2 saturated carbocycles. The minimum absolute atomic E-state index is 0.00111. The molecule has 3 aliphatic heterocycles. The van der Waals surface area contributed by atoms with Gasteiger partial charge in [0.2, 0.25) is 0 Å². The summed E-state index contributed by atoms with van der Waals surface area (Å²) in [5.74, 6) is 0.945. The van der Waals surface area contributed by atoms with E-state index in [4.69, 9.17) is 32.7 Å². The molecule has 2 unspecified atom stereocenters. The minimum atomic E-state index is -0.00111. The number of carbonyl (C=O) groups excluding carboxylic acids is 1. The summed E-state index contributed by atoms with van der Waals surface area (Å²) >= 11 is 12.3. The lowest BCUT2D eigenvalue weighted by atomic mass is 9.53. The van der Waals surface area contributed by atoms with Crippen molar-refractivity contribution in [1.82, 2.24) is 4.90 Å². The summed E-state index contributed by atoms with van der Waals surface area (Å²) in [7, 11) is 0. The number of esters is 1. The molecule has 5 fully saturated rings. The molecule has 0 bridgehead atoms. The summed E-state index contributed by atoms with van der Waals surface area (Å²) in [6.45, 7) is 7.87. The number of anilines is 1. The van der Waals surface area contributed by atoms with Crippen molar-refractivity contribution in [2.75, 3.05) is 44.2 Å². The van der Waals surface area contributed by atoms with Crippen LogP contribution in [0.4, 0.5) is 5.69 Å². The van der Waals surface area contributed by atoms with Gasteiger partial charge in [0.25, 0.3) is 0 Å². The summed E-state index contributed by atoms with van der Waals surface area (Å²) in [5, 5.41) is 1.18. The van der Waals surface area contributed by atoms with Crippen LogP contribution in [-0.4, -0.2) is 61.9 Å². The molecule has 1 spiro atoms. The van der Waals surface area contributed by atoms with Gasteiger partial charge >= 0.3 is 5.97 Å². The molecule has 0 amide bonds. The number of ether oxygens (including phenoxy) is 2. The summed E-state index contributed by atoms with van der Waals surface area (Å²) in [6.07, 6.45) is 5.87. The Hall–Kier alpha value is -1.01. The van der Waals surface area contributed by atoms with Gasteiger partial charge in [-0.2, -0.15) is 0 Å². The van der Waals surface area contributed by atoms with E-state index in [2.05, 4.69) is 16.7 Å². The molecule has 0 aromatic heterocycles. The second-order valence-electron chi connectivity index (χ2n) is 11.0. The zero-order valence-corrected chi connectivity index (χ0v) is 20.2. The van der Waals surface area contributed by atoms with Crippen LogP contribution in [0.1, 0.15) is 39.0 Å². The smallest absolute Gasteiger partial charge is 0.310 e. The maximum atomic E-state index is 12.9. The highest BCUT2D eigenvalue weighted by atomic mass is 35.5. The predicted molar refractivity (Wildman–Crippen MR) is 125 cm³/mol. The van der Waals surface area contributed by atoms with Crippen molar-refractivity contribution in [3.63, 3.8) is 0 Å². The van der Waals surface area contributed by atoms with Crippen LogP contribution in [0.25, 0.3) is 0 Å². The van der Waals surface area contributed by atoms with Gasteiger partial charge in [-0.15, -0.1) is 0 Å². The van der Waals surface area contributed by atoms with E-state index < -0.39 is 0 Å². The lowest BCUT2D eigenvalue weighted by Crippen LogP contribution is -2.52. The number of carbonyl (C=O) groups is 1. The normalized spacial score (nSPS) is 41.3. The van der Waals surface area contributed by atoms with Crippen molar-refractivity contribution in [2.24, 2.45) is 23.2 Å². The second kappa shape index (κ2) is 7.76. The first kappa shape index (κ1) is 21.5. The quantitative estimate of drug-likeness (QED) is 0.467. The fourth-order valence-corrected chi connectivity index (χ4v) is 7.61. The molecule has 0 N–H and O–H groups in total. The number of hydrogen-bond acceptors (Lipinski definition) is 5. The van der Waals surface area contributed by atoms with Gasteiger partial charge in [-0.3, -0.25) is 9.69 Å². The summed E-state index contributed by atoms with van der Waals surface area (Å²) < 4.78 is 12.0. The van der Waals surface area contributed by atoms with Crippen LogP contribution in [0.3, 0.4) is 0 Å². The van der Waals surface area contributed by atoms with Gasteiger partial charge in [-0.05, 0) is 61.6 Å². The van der Waals surface area contributed by atoms with E-state index in [1.54, 1.807) is 0 Å². The number of rotatable bonds is 3. The van der Waals surface area contributed by atoms with Crippen molar-refractivity contribution >= 4 is 34.9 Å². The number of benzene rings is 1. The third kappa shape index (κ3) is 3.55. The Kier molecular flexibility index (Phi) is 5.22. The van der Waals surface area contributed by atoms with Crippen LogP contribution >= 0.6 is 23.2 Å². The van der Waals surface area contributed by atoms with Crippen molar-refractivity contribution < 1.29 is 14.3 Å². The third-order valence-electron chi connectivity index (χ3n) is 9.17. The Morgan fingerprint density at radius 1 is 1.12 bits per heavy atom. The topological polar surface area (TPSA) is 45.3 Å². The molecule has 7 heteroatoms. The summed E-state index contributed by atoms with van der Waals surface area (Å²) in [4.78, 5) is 17.7. The molecule has 0 radical (unpaired) electrons. The Labute approximate surface area is 200 Å². The van der Waals surface area contributed by atoms with E-state index in [1.165, 1.54) is 19.3 Å². The van der Waals surface area contributed by atoms with Crippen LogP contribution in [0, 0.1) is 23.2 Å². The number of hydrogen-bond donors (Lipinski definition) is 0. The van der Waals surface area contributed by atoms with Crippen LogP contribution < -0.4 is 4.90 Å².